The van der Waals surface area contributed by atoms with E-state index in [9.17, 15) is 13.7 Å². The minimum absolute atomic E-state index is 0.0229. The van der Waals surface area contributed by atoms with Gasteiger partial charge in [-0.25, -0.2) is 13.4 Å². The van der Waals surface area contributed by atoms with Crippen molar-refractivity contribution in [2.45, 2.75) is 17.1 Å². The molecule has 0 N–H and O–H groups in total. The van der Waals surface area contributed by atoms with E-state index in [1.165, 1.54) is 24.4 Å². The lowest BCUT2D eigenvalue weighted by atomic mass is 10.2. The van der Waals surface area contributed by atoms with Crippen LogP contribution in [-0.2, 0) is 9.84 Å². The number of nitrogens with zero attached hydrogens (tertiary/aromatic N) is 2. The Morgan fingerprint density at radius 2 is 1.90 bits per heavy atom. The van der Waals surface area contributed by atoms with Crippen molar-refractivity contribution in [2.75, 3.05) is 0 Å². The number of nitriles is 1. The average molecular weight is 307 g/mol. The van der Waals surface area contributed by atoms with Crippen LogP contribution in [0.1, 0.15) is 16.4 Å². The normalized spacial score (nSPS) is 12.7. The van der Waals surface area contributed by atoms with Crippen LogP contribution in [-0.4, -0.2) is 13.4 Å². The van der Waals surface area contributed by atoms with Crippen molar-refractivity contribution in [1.29, 1.82) is 5.26 Å². The quantitative estimate of drug-likeness (QED) is 0.817. The van der Waals surface area contributed by atoms with Crippen LogP contribution >= 0.6 is 11.6 Å². The van der Waals surface area contributed by atoms with Gasteiger partial charge < -0.3 is 0 Å². The van der Waals surface area contributed by atoms with Crippen molar-refractivity contribution < 1.29 is 8.42 Å². The van der Waals surface area contributed by atoms with E-state index in [0.29, 0.717) is 0 Å². The molecule has 0 saturated heterocycles. The fourth-order valence-electron chi connectivity index (χ4n) is 1.76. The molecule has 6 heteroatoms. The fourth-order valence-corrected chi connectivity index (χ4v) is 3.51. The van der Waals surface area contributed by atoms with Crippen LogP contribution in [0.5, 0.6) is 0 Å². The van der Waals surface area contributed by atoms with E-state index in [1.54, 1.807) is 24.3 Å². The van der Waals surface area contributed by atoms with Crippen LogP contribution in [0.25, 0.3) is 0 Å². The molecule has 1 aromatic carbocycles. The summed E-state index contributed by atoms with van der Waals surface area (Å²) in [6.07, 6.45) is 1.44. The Kier molecular flexibility index (Phi) is 4.07. The molecule has 1 atom stereocenters. The van der Waals surface area contributed by atoms with Gasteiger partial charge in [-0.1, -0.05) is 35.4 Å². The molecule has 20 heavy (non-hydrogen) atoms. The molecule has 0 aliphatic heterocycles. The predicted molar refractivity (Wildman–Crippen MR) is 76.0 cm³/mol. The molecular weight excluding hydrogens is 296 g/mol. The van der Waals surface area contributed by atoms with Crippen LogP contribution in [0.3, 0.4) is 0 Å². The summed E-state index contributed by atoms with van der Waals surface area (Å²) in [6.45, 7) is 1.86. The minimum atomic E-state index is -3.83. The van der Waals surface area contributed by atoms with E-state index < -0.39 is 15.1 Å². The monoisotopic (exact) mass is 306 g/mol. The van der Waals surface area contributed by atoms with E-state index in [4.69, 9.17) is 11.6 Å². The van der Waals surface area contributed by atoms with Gasteiger partial charge >= 0.3 is 0 Å². The Balaban J connectivity index is 2.55. The summed E-state index contributed by atoms with van der Waals surface area (Å²) in [5.41, 5.74) is 1.13. The average Bonchev–Trinajstić information content (AvgIpc) is 2.42. The van der Waals surface area contributed by atoms with Crippen LogP contribution in [0.4, 0.5) is 0 Å². The standard InChI is InChI=1S/C14H11ClN2O2S/c1-10-4-6-11(7-5-10)20(18,19)13(9-16)12-3-2-8-17-14(12)15/h2-8,13H,1H3. The number of hydrogen-bond donors (Lipinski definition) is 0. The molecule has 0 aliphatic rings. The summed E-state index contributed by atoms with van der Waals surface area (Å²) in [4.78, 5) is 3.91. The van der Waals surface area contributed by atoms with E-state index in [1.807, 2.05) is 6.92 Å². The highest BCUT2D eigenvalue weighted by Crippen LogP contribution is 2.31. The molecule has 102 valence electrons. The number of rotatable bonds is 3. The SMILES string of the molecule is Cc1ccc(S(=O)(=O)C(C#N)c2cccnc2Cl)cc1. The third kappa shape index (κ3) is 2.67. The van der Waals surface area contributed by atoms with Gasteiger partial charge in [0.2, 0.25) is 0 Å². The van der Waals surface area contributed by atoms with Gasteiger partial charge in [-0.05, 0) is 25.1 Å². The first-order chi connectivity index (χ1) is 9.46. The molecule has 0 amide bonds. The fraction of sp³-hybridized carbons (Fsp3) is 0.143. The number of aromatic nitrogens is 1. The lowest BCUT2D eigenvalue weighted by Gasteiger charge is -2.12. The topological polar surface area (TPSA) is 70.8 Å². The van der Waals surface area contributed by atoms with E-state index in [2.05, 4.69) is 4.98 Å². The molecule has 0 bridgehead atoms. The Labute approximate surface area is 122 Å². The summed E-state index contributed by atoms with van der Waals surface area (Å²) in [6, 6.07) is 11.2. The van der Waals surface area contributed by atoms with E-state index in [-0.39, 0.29) is 15.6 Å². The number of pyridine rings is 1. The molecule has 0 spiro atoms. The second-order valence-electron chi connectivity index (χ2n) is 4.25. The number of sulfone groups is 1. The number of aryl methyl sites for hydroxylation is 1. The highest BCUT2D eigenvalue weighted by atomic mass is 35.5. The summed E-state index contributed by atoms with van der Waals surface area (Å²) < 4.78 is 25.0. The molecule has 0 saturated carbocycles. The van der Waals surface area contributed by atoms with Crippen LogP contribution in [0.15, 0.2) is 47.5 Å². The first-order valence-electron chi connectivity index (χ1n) is 5.77. The van der Waals surface area contributed by atoms with Gasteiger partial charge in [0.05, 0.1) is 11.0 Å². The zero-order chi connectivity index (χ0) is 14.8. The molecule has 2 rings (SSSR count). The highest BCUT2D eigenvalue weighted by molar-refractivity contribution is 7.92. The zero-order valence-electron chi connectivity index (χ0n) is 10.6. The van der Waals surface area contributed by atoms with E-state index >= 15 is 0 Å². The van der Waals surface area contributed by atoms with Crippen molar-refractivity contribution in [1.82, 2.24) is 4.98 Å². The highest BCUT2D eigenvalue weighted by Gasteiger charge is 2.31. The lowest BCUT2D eigenvalue weighted by Crippen LogP contribution is -2.13. The molecule has 1 heterocycles. The third-order valence-corrected chi connectivity index (χ3v) is 5.07. The van der Waals surface area contributed by atoms with E-state index in [0.717, 1.165) is 5.56 Å². The Morgan fingerprint density at radius 3 is 2.45 bits per heavy atom. The maximum Gasteiger partial charge on any atom is 0.198 e. The molecular formula is C14H11ClN2O2S. The van der Waals surface area contributed by atoms with Gasteiger partial charge in [-0.15, -0.1) is 0 Å². The molecule has 0 fully saturated rings. The van der Waals surface area contributed by atoms with Gasteiger partial charge in [0.25, 0.3) is 0 Å². The second kappa shape index (κ2) is 5.61. The lowest BCUT2D eigenvalue weighted by molar-refractivity contribution is 0.591. The summed E-state index contributed by atoms with van der Waals surface area (Å²) in [7, 11) is -3.83. The number of hydrogen-bond acceptors (Lipinski definition) is 4. The van der Waals surface area contributed by atoms with Crippen molar-refractivity contribution in [3.63, 3.8) is 0 Å². The van der Waals surface area contributed by atoms with Crippen LogP contribution in [0, 0.1) is 18.3 Å². The Morgan fingerprint density at radius 1 is 1.25 bits per heavy atom. The largest absolute Gasteiger partial charge is 0.244 e. The molecule has 1 unspecified atom stereocenters. The summed E-state index contributed by atoms with van der Waals surface area (Å²) in [5, 5.41) is 7.89. The van der Waals surface area contributed by atoms with Crippen molar-refractivity contribution >= 4 is 21.4 Å². The Hall–Kier alpha value is -1.90. The third-order valence-electron chi connectivity index (χ3n) is 2.85. The summed E-state index contributed by atoms with van der Waals surface area (Å²) in [5.74, 6) is 0. The molecule has 1 aromatic heterocycles. The molecule has 0 aliphatic carbocycles. The van der Waals surface area contributed by atoms with Gasteiger partial charge in [0.1, 0.15) is 5.15 Å². The smallest absolute Gasteiger partial charge is 0.198 e. The first kappa shape index (κ1) is 14.5. The first-order valence-corrected chi connectivity index (χ1v) is 7.70. The van der Waals surface area contributed by atoms with Crippen LogP contribution < -0.4 is 0 Å². The van der Waals surface area contributed by atoms with Gasteiger partial charge in [-0.3, -0.25) is 0 Å². The molecule has 2 aromatic rings. The van der Waals surface area contributed by atoms with Gasteiger partial charge in [0.15, 0.2) is 15.1 Å². The summed E-state index contributed by atoms with van der Waals surface area (Å²) >= 11 is 5.89. The van der Waals surface area contributed by atoms with Gasteiger partial charge in [0, 0.05) is 11.8 Å². The number of halogens is 1. The minimum Gasteiger partial charge on any atom is -0.244 e. The van der Waals surface area contributed by atoms with Crippen molar-refractivity contribution in [3.8, 4) is 6.07 Å². The van der Waals surface area contributed by atoms with Crippen molar-refractivity contribution in [2.24, 2.45) is 0 Å². The van der Waals surface area contributed by atoms with Gasteiger partial charge in [-0.2, -0.15) is 5.26 Å². The zero-order valence-corrected chi connectivity index (χ0v) is 12.2. The maximum atomic E-state index is 12.5. The van der Waals surface area contributed by atoms with Crippen molar-refractivity contribution in [3.05, 3.63) is 58.9 Å². The maximum absolute atomic E-state index is 12.5. The number of benzene rings is 1. The molecule has 0 radical (unpaired) electrons. The second-order valence-corrected chi connectivity index (χ2v) is 6.64. The Bertz CT molecular complexity index is 765. The predicted octanol–water partition coefficient (Wildman–Crippen LogP) is 3.08. The molecule has 4 nitrogen and oxygen atoms in total. The van der Waals surface area contributed by atoms with Crippen LogP contribution in [0.2, 0.25) is 5.15 Å².